The Morgan fingerprint density at radius 3 is 2.03 bits per heavy atom. The third-order valence-corrected chi connectivity index (χ3v) is 4.54. The van der Waals surface area contributed by atoms with Gasteiger partial charge in [-0.05, 0) is 35.9 Å². The maximum atomic E-state index is 13.2. The second-order valence-corrected chi connectivity index (χ2v) is 6.27. The standard InChI is InChI=1S/C21H20N2O8/c1-28-12-5-6-15(29-2)14(10-12)23-20(26)13(19(25)22-21(23)27)7-11-8-16(30-3)18(24)17(9-11)31-4/h5-10,24H,1-4H3,(H,22,25,27)/b13-7-. The first-order valence-electron chi connectivity index (χ1n) is 8.93. The number of imide groups is 2. The summed E-state index contributed by atoms with van der Waals surface area (Å²) < 4.78 is 20.6. The lowest BCUT2D eigenvalue weighted by atomic mass is 10.1. The number of barbiturate groups is 1. The highest BCUT2D eigenvalue weighted by Gasteiger charge is 2.38. The van der Waals surface area contributed by atoms with Crippen molar-refractivity contribution < 1.29 is 38.4 Å². The van der Waals surface area contributed by atoms with E-state index in [0.717, 1.165) is 4.90 Å². The minimum absolute atomic E-state index is 0.0808. The van der Waals surface area contributed by atoms with Crippen LogP contribution in [0.3, 0.4) is 0 Å². The number of carbonyl (C=O) groups excluding carboxylic acids is 3. The van der Waals surface area contributed by atoms with Gasteiger partial charge in [0.1, 0.15) is 17.1 Å². The summed E-state index contributed by atoms with van der Waals surface area (Å²) in [5, 5.41) is 12.2. The SMILES string of the molecule is COc1ccc(OC)c(N2C(=O)NC(=O)/C(=C/c3cc(OC)c(O)c(OC)c3)C2=O)c1. The Bertz CT molecular complexity index is 1070. The predicted molar refractivity (Wildman–Crippen MR) is 110 cm³/mol. The van der Waals surface area contributed by atoms with Gasteiger partial charge in [0.15, 0.2) is 11.5 Å². The molecular weight excluding hydrogens is 408 g/mol. The van der Waals surface area contributed by atoms with E-state index in [1.165, 1.54) is 58.8 Å². The molecule has 10 nitrogen and oxygen atoms in total. The molecule has 162 valence electrons. The van der Waals surface area contributed by atoms with Crippen LogP contribution in [0.1, 0.15) is 5.56 Å². The van der Waals surface area contributed by atoms with E-state index in [1.54, 1.807) is 6.07 Å². The highest BCUT2D eigenvalue weighted by Crippen LogP contribution is 2.38. The van der Waals surface area contributed by atoms with Crippen molar-refractivity contribution in [1.29, 1.82) is 0 Å². The second-order valence-electron chi connectivity index (χ2n) is 6.27. The molecule has 2 N–H and O–H groups in total. The maximum absolute atomic E-state index is 13.2. The van der Waals surface area contributed by atoms with Gasteiger partial charge in [0.25, 0.3) is 11.8 Å². The Morgan fingerprint density at radius 1 is 0.871 bits per heavy atom. The smallest absolute Gasteiger partial charge is 0.336 e. The number of phenolic OH excluding ortho intramolecular Hbond substituents is 1. The van der Waals surface area contributed by atoms with Crippen molar-refractivity contribution >= 4 is 29.6 Å². The quantitative estimate of drug-likeness (QED) is 0.530. The monoisotopic (exact) mass is 428 g/mol. The predicted octanol–water partition coefficient (Wildman–Crippen LogP) is 2.09. The molecule has 0 saturated carbocycles. The van der Waals surface area contributed by atoms with Gasteiger partial charge in [-0.2, -0.15) is 0 Å². The second kappa shape index (κ2) is 8.66. The molecule has 0 atom stereocenters. The Balaban J connectivity index is 2.11. The molecule has 0 aromatic heterocycles. The molecule has 1 fully saturated rings. The summed E-state index contributed by atoms with van der Waals surface area (Å²) in [6.45, 7) is 0. The van der Waals surface area contributed by atoms with Gasteiger partial charge in [0.2, 0.25) is 5.75 Å². The largest absolute Gasteiger partial charge is 0.502 e. The number of carbonyl (C=O) groups is 3. The molecule has 0 bridgehead atoms. The van der Waals surface area contributed by atoms with Gasteiger partial charge in [0.05, 0.1) is 34.1 Å². The van der Waals surface area contributed by atoms with E-state index < -0.39 is 17.8 Å². The van der Waals surface area contributed by atoms with Crippen LogP contribution >= 0.6 is 0 Å². The first kappa shape index (κ1) is 21.5. The van der Waals surface area contributed by atoms with Crippen LogP contribution in [0.15, 0.2) is 35.9 Å². The molecule has 2 aromatic rings. The lowest BCUT2D eigenvalue weighted by molar-refractivity contribution is -0.122. The van der Waals surface area contributed by atoms with Gasteiger partial charge in [-0.1, -0.05) is 0 Å². The molecule has 0 radical (unpaired) electrons. The molecule has 0 spiro atoms. The summed E-state index contributed by atoms with van der Waals surface area (Å²) in [4.78, 5) is 38.9. The molecule has 1 saturated heterocycles. The number of amides is 4. The number of aromatic hydroxyl groups is 1. The zero-order valence-corrected chi connectivity index (χ0v) is 17.2. The number of hydrogen-bond donors (Lipinski definition) is 2. The lowest BCUT2D eigenvalue weighted by Gasteiger charge is -2.27. The van der Waals surface area contributed by atoms with E-state index in [2.05, 4.69) is 5.32 Å². The number of benzene rings is 2. The molecule has 0 unspecified atom stereocenters. The molecule has 0 aliphatic carbocycles. The maximum Gasteiger partial charge on any atom is 0.336 e. The first-order valence-corrected chi connectivity index (χ1v) is 8.93. The highest BCUT2D eigenvalue weighted by atomic mass is 16.5. The third-order valence-electron chi connectivity index (χ3n) is 4.54. The van der Waals surface area contributed by atoms with Gasteiger partial charge in [-0.3, -0.25) is 14.9 Å². The number of phenols is 1. The fourth-order valence-electron chi connectivity index (χ4n) is 3.01. The summed E-state index contributed by atoms with van der Waals surface area (Å²) >= 11 is 0. The van der Waals surface area contributed by atoms with Crippen LogP contribution in [0.2, 0.25) is 0 Å². The van der Waals surface area contributed by atoms with E-state index in [4.69, 9.17) is 18.9 Å². The Morgan fingerprint density at radius 2 is 1.48 bits per heavy atom. The summed E-state index contributed by atoms with van der Waals surface area (Å²) in [6, 6.07) is 6.47. The minimum atomic E-state index is -0.931. The van der Waals surface area contributed by atoms with Gasteiger partial charge in [-0.25, -0.2) is 9.69 Å². The molecule has 4 amide bonds. The number of nitrogens with zero attached hydrogens (tertiary/aromatic N) is 1. The van der Waals surface area contributed by atoms with E-state index in [1.807, 2.05) is 0 Å². The van der Waals surface area contributed by atoms with E-state index in [0.29, 0.717) is 11.3 Å². The van der Waals surface area contributed by atoms with Crippen LogP contribution in [0.25, 0.3) is 6.08 Å². The number of urea groups is 1. The number of hydrogen-bond acceptors (Lipinski definition) is 8. The summed E-state index contributed by atoms with van der Waals surface area (Å²) in [6.07, 6.45) is 1.26. The van der Waals surface area contributed by atoms with Crippen LogP contribution < -0.4 is 29.2 Å². The average Bonchev–Trinajstić information content (AvgIpc) is 2.77. The Labute approximate surface area is 177 Å². The number of ether oxygens (including phenoxy) is 4. The molecule has 10 heteroatoms. The van der Waals surface area contributed by atoms with Gasteiger partial charge < -0.3 is 24.1 Å². The fraction of sp³-hybridized carbons (Fsp3) is 0.190. The van der Waals surface area contributed by atoms with E-state index >= 15 is 0 Å². The highest BCUT2D eigenvalue weighted by molar-refractivity contribution is 6.39. The molecule has 1 heterocycles. The van der Waals surface area contributed by atoms with Crippen molar-refractivity contribution in [3.05, 3.63) is 41.5 Å². The van der Waals surface area contributed by atoms with Crippen molar-refractivity contribution in [2.75, 3.05) is 33.3 Å². The minimum Gasteiger partial charge on any atom is -0.502 e. The Hall–Kier alpha value is -4.21. The van der Waals surface area contributed by atoms with Crippen molar-refractivity contribution in [3.8, 4) is 28.7 Å². The summed E-state index contributed by atoms with van der Waals surface area (Å²) in [5.74, 6) is -1.21. The van der Waals surface area contributed by atoms with Crippen LogP contribution in [-0.4, -0.2) is 51.4 Å². The van der Waals surface area contributed by atoms with Crippen LogP contribution in [0, 0.1) is 0 Å². The fourth-order valence-corrected chi connectivity index (χ4v) is 3.01. The number of rotatable bonds is 6. The van der Waals surface area contributed by atoms with Crippen molar-refractivity contribution in [3.63, 3.8) is 0 Å². The molecule has 3 rings (SSSR count). The van der Waals surface area contributed by atoms with Crippen LogP contribution in [0.5, 0.6) is 28.7 Å². The third kappa shape index (κ3) is 3.95. The normalized spacial score (nSPS) is 15.0. The molecular formula is C21H20N2O8. The molecule has 1 aliphatic rings. The van der Waals surface area contributed by atoms with Crippen molar-refractivity contribution in [1.82, 2.24) is 5.32 Å². The lowest BCUT2D eigenvalue weighted by Crippen LogP contribution is -2.54. The first-order chi connectivity index (χ1) is 14.8. The number of methoxy groups -OCH3 is 4. The van der Waals surface area contributed by atoms with E-state index in [9.17, 15) is 19.5 Å². The van der Waals surface area contributed by atoms with Crippen LogP contribution in [0.4, 0.5) is 10.5 Å². The number of anilines is 1. The zero-order valence-electron chi connectivity index (χ0n) is 17.2. The average molecular weight is 428 g/mol. The van der Waals surface area contributed by atoms with Crippen molar-refractivity contribution in [2.24, 2.45) is 0 Å². The summed E-state index contributed by atoms with van der Waals surface area (Å²) in [5.41, 5.74) is 0.111. The topological polar surface area (TPSA) is 124 Å². The zero-order chi connectivity index (χ0) is 22.7. The van der Waals surface area contributed by atoms with Gasteiger partial charge in [0, 0.05) is 6.07 Å². The number of nitrogens with one attached hydrogen (secondary N) is 1. The molecule has 31 heavy (non-hydrogen) atoms. The molecule has 1 aliphatic heterocycles. The van der Waals surface area contributed by atoms with Crippen molar-refractivity contribution in [2.45, 2.75) is 0 Å². The molecule has 2 aromatic carbocycles. The van der Waals surface area contributed by atoms with E-state index in [-0.39, 0.29) is 34.3 Å². The van der Waals surface area contributed by atoms with Crippen LogP contribution in [-0.2, 0) is 9.59 Å². The van der Waals surface area contributed by atoms with Gasteiger partial charge in [-0.15, -0.1) is 0 Å². The summed E-state index contributed by atoms with van der Waals surface area (Å²) in [7, 11) is 5.51. The Kier molecular flexibility index (Phi) is 6.00. The van der Waals surface area contributed by atoms with Gasteiger partial charge >= 0.3 is 6.03 Å².